The largest absolute Gasteiger partial charge is 0.494 e. The van der Waals surface area contributed by atoms with Gasteiger partial charge < -0.3 is 9.47 Å². The van der Waals surface area contributed by atoms with Gasteiger partial charge in [0, 0.05) is 5.39 Å². The molecule has 0 amide bonds. The van der Waals surface area contributed by atoms with Crippen LogP contribution in [0.4, 0.5) is 4.39 Å². The predicted molar refractivity (Wildman–Crippen MR) is 67.3 cm³/mol. The summed E-state index contributed by atoms with van der Waals surface area (Å²) in [4.78, 5) is 15.3. The summed E-state index contributed by atoms with van der Waals surface area (Å²) in [5, 5.41) is 0.586. The Bertz CT molecular complexity index is 630. The van der Waals surface area contributed by atoms with Crippen LogP contribution in [-0.2, 0) is 4.74 Å². The number of carbonyl (C=O) groups excluding carboxylic acids is 1. The number of carbonyl (C=O) groups is 1. The number of fused-ring (bicyclic) bond motifs is 1. The van der Waals surface area contributed by atoms with E-state index in [9.17, 15) is 9.18 Å². The van der Waals surface area contributed by atoms with E-state index < -0.39 is 11.9 Å². The van der Waals surface area contributed by atoms with Crippen LogP contribution in [0.5, 0.6) is 5.75 Å². The van der Waals surface area contributed by atoms with Gasteiger partial charge >= 0.3 is 5.97 Å². The monoisotopic (exact) mass is 313 g/mol. The maximum atomic E-state index is 13.4. The van der Waals surface area contributed by atoms with Crippen molar-refractivity contribution < 1.29 is 18.7 Å². The third-order valence-electron chi connectivity index (χ3n) is 2.43. The van der Waals surface area contributed by atoms with Gasteiger partial charge in [0.15, 0.2) is 0 Å². The third kappa shape index (κ3) is 2.15. The Morgan fingerprint density at radius 2 is 2.06 bits per heavy atom. The predicted octanol–water partition coefficient (Wildman–Crippen LogP) is 2.93. The van der Waals surface area contributed by atoms with Gasteiger partial charge in [0.1, 0.15) is 11.3 Å². The molecule has 2 aromatic rings. The van der Waals surface area contributed by atoms with Gasteiger partial charge in [0.2, 0.25) is 5.95 Å². The van der Waals surface area contributed by atoms with Crippen molar-refractivity contribution in [2.24, 2.45) is 0 Å². The number of methoxy groups -OCH3 is 2. The molecule has 0 radical (unpaired) electrons. The summed E-state index contributed by atoms with van der Waals surface area (Å²) in [7, 11) is 2.72. The van der Waals surface area contributed by atoms with Crippen molar-refractivity contribution in [1.82, 2.24) is 4.98 Å². The Balaban J connectivity index is 2.75. The highest BCUT2D eigenvalue weighted by molar-refractivity contribution is 9.10. The average Bonchev–Trinajstić information content (AvgIpc) is 2.38. The standard InChI is InChI=1S/C12H9BrFNO3/c1-17-9-5-7(12(16)18-2)3-6-4-8(13)11(14)15-10(6)9/h3-5H,1-2H3. The van der Waals surface area contributed by atoms with E-state index in [-0.39, 0.29) is 4.47 Å². The van der Waals surface area contributed by atoms with Crippen LogP contribution in [0.25, 0.3) is 10.9 Å². The third-order valence-corrected chi connectivity index (χ3v) is 2.99. The molecule has 0 saturated carbocycles. The minimum Gasteiger partial charge on any atom is -0.494 e. The van der Waals surface area contributed by atoms with Crippen molar-refractivity contribution in [3.63, 3.8) is 0 Å². The molecule has 6 heteroatoms. The Hall–Kier alpha value is -1.69. The Labute approximate surface area is 111 Å². The molecule has 0 aliphatic rings. The van der Waals surface area contributed by atoms with E-state index >= 15 is 0 Å². The van der Waals surface area contributed by atoms with Gasteiger partial charge in [-0.1, -0.05) is 0 Å². The van der Waals surface area contributed by atoms with Crippen molar-refractivity contribution in [2.75, 3.05) is 14.2 Å². The first-order valence-electron chi connectivity index (χ1n) is 4.99. The Morgan fingerprint density at radius 3 is 2.67 bits per heavy atom. The molecule has 0 bridgehead atoms. The van der Waals surface area contributed by atoms with E-state index in [1.165, 1.54) is 26.4 Å². The quantitative estimate of drug-likeness (QED) is 0.632. The summed E-state index contributed by atoms with van der Waals surface area (Å²) in [6, 6.07) is 4.57. The molecule has 0 spiro atoms. The topological polar surface area (TPSA) is 48.4 Å². The van der Waals surface area contributed by atoms with Crippen LogP contribution in [0.3, 0.4) is 0 Å². The highest BCUT2D eigenvalue weighted by Gasteiger charge is 2.14. The summed E-state index contributed by atoms with van der Waals surface area (Å²) < 4.78 is 23.3. The maximum absolute atomic E-state index is 13.4. The van der Waals surface area contributed by atoms with E-state index in [1.807, 2.05) is 0 Å². The Morgan fingerprint density at radius 1 is 1.33 bits per heavy atom. The number of ether oxygens (including phenoxy) is 2. The van der Waals surface area contributed by atoms with Crippen molar-refractivity contribution in [1.29, 1.82) is 0 Å². The molecule has 0 unspecified atom stereocenters. The van der Waals surface area contributed by atoms with Crippen LogP contribution < -0.4 is 4.74 Å². The van der Waals surface area contributed by atoms with Gasteiger partial charge in [-0.3, -0.25) is 0 Å². The highest BCUT2D eigenvalue weighted by Crippen LogP contribution is 2.29. The number of benzene rings is 1. The molecule has 0 atom stereocenters. The molecule has 0 fully saturated rings. The number of hydrogen-bond acceptors (Lipinski definition) is 4. The fraction of sp³-hybridized carbons (Fsp3) is 0.167. The van der Waals surface area contributed by atoms with Crippen molar-refractivity contribution in [2.45, 2.75) is 0 Å². The maximum Gasteiger partial charge on any atom is 0.338 e. The van der Waals surface area contributed by atoms with Crippen LogP contribution in [-0.4, -0.2) is 25.2 Å². The lowest BCUT2D eigenvalue weighted by Crippen LogP contribution is -2.02. The molecule has 94 valence electrons. The molecule has 4 nitrogen and oxygen atoms in total. The zero-order chi connectivity index (χ0) is 13.3. The van der Waals surface area contributed by atoms with Gasteiger partial charge in [-0.15, -0.1) is 0 Å². The number of nitrogens with zero attached hydrogens (tertiary/aromatic N) is 1. The second kappa shape index (κ2) is 4.89. The normalized spacial score (nSPS) is 10.4. The van der Waals surface area contributed by atoms with Gasteiger partial charge in [0.05, 0.1) is 24.3 Å². The fourth-order valence-corrected chi connectivity index (χ4v) is 1.93. The average molecular weight is 314 g/mol. The van der Waals surface area contributed by atoms with E-state index in [0.29, 0.717) is 22.2 Å². The van der Waals surface area contributed by atoms with Crippen LogP contribution in [0, 0.1) is 5.95 Å². The van der Waals surface area contributed by atoms with Crippen LogP contribution in [0.1, 0.15) is 10.4 Å². The lowest BCUT2D eigenvalue weighted by molar-refractivity contribution is 0.0600. The molecule has 1 aromatic carbocycles. The molecule has 1 heterocycles. The minimum absolute atomic E-state index is 0.221. The van der Waals surface area contributed by atoms with Crippen LogP contribution >= 0.6 is 15.9 Å². The number of pyridine rings is 1. The molecule has 1 aromatic heterocycles. The summed E-state index contributed by atoms with van der Waals surface area (Å²) in [6.45, 7) is 0. The van der Waals surface area contributed by atoms with Gasteiger partial charge in [-0.2, -0.15) is 4.39 Å². The number of halogens is 2. The van der Waals surface area contributed by atoms with Crippen molar-refractivity contribution in [3.05, 3.63) is 34.2 Å². The van der Waals surface area contributed by atoms with E-state index in [1.54, 1.807) is 6.07 Å². The van der Waals surface area contributed by atoms with Crippen molar-refractivity contribution >= 4 is 32.8 Å². The first-order valence-corrected chi connectivity index (χ1v) is 5.78. The van der Waals surface area contributed by atoms with Gasteiger partial charge in [-0.05, 0) is 34.1 Å². The zero-order valence-electron chi connectivity index (χ0n) is 9.66. The smallest absolute Gasteiger partial charge is 0.338 e. The summed E-state index contributed by atoms with van der Waals surface area (Å²) in [5.74, 6) is -0.804. The number of aromatic nitrogens is 1. The second-order valence-electron chi connectivity index (χ2n) is 3.50. The molecule has 0 N–H and O–H groups in total. The molecular formula is C12H9BrFNO3. The Kier molecular flexibility index (Phi) is 3.47. The SMILES string of the molecule is COC(=O)c1cc(OC)c2nc(F)c(Br)cc2c1. The van der Waals surface area contributed by atoms with Crippen LogP contribution in [0.2, 0.25) is 0 Å². The first-order chi connectivity index (χ1) is 8.56. The zero-order valence-corrected chi connectivity index (χ0v) is 11.2. The molecule has 0 saturated heterocycles. The van der Waals surface area contributed by atoms with Crippen LogP contribution in [0.15, 0.2) is 22.7 Å². The second-order valence-corrected chi connectivity index (χ2v) is 4.36. The van der Waals surface area contributed by atoms with Gasteiger partial charge in [-0.25, -0.2) is 9.78 Å². The summed E-state index contributed by atoms with van der Waals surface area (Å²) in [6.07, 6.45) is 0. The highest BCUT2D eigenvalue weighted by atomic mass is 79.9. The number of hydrogen-bond donors (Lipinski definition) is 0. The summed E-state index contributed by atoms with van der Waals surface area (Å²) >= 11 is 3.05. The first kappa shape index (κ1) is 12.8. The summed E-state index contributed by atoms with van der Waals surface area (Å²) in [5.41, 5.74) is 0.674. The van der Waals surface area contributed by atoms with E-state index in [0.717, 1.165) is 0 Å². The molecular weight excluding hydrogens is 305 g/mol. The number of rotatable bonds is 2. The molecule has 0 aliphatic carbocycles. The van der Waals surface area contributed by atoms with Gasteiger partial charge in [0.25, 0.3) is 0 Å². The number of esters is 1. The van der Waals surface area contributed by atoms with E-state index in [2.05, 4.69) is 25.7 Å². The lowest BCUT2D eigenvalue weighted by Gasteiger charge is -2.08. The fourth-order valence-electron chi connectivity index (χ4n) is 1.60. The molecule has 2 rings (SSSR count). The van der Waals surface area contributed by atoms with Crippen molar-refractivity contribution in [3.8, 4) is 5.75 Å². The minimum atomic E-state index is -0.633. The lowest BCUT2D eigenvalue weighted by atomic mass is 10.1. The van der Waals surface area contributed by atoms with E-state index in [4.69, 9.17) is 4.74 Å². The molecule has 0 aliphatic heterocycles. The molecule has 18 heavy (non-hydrogen) atoms.